The number of anilines is 1. The molecule has 0 fully saturated rings. The van der Waals surface area contributed by atoms with Crippen LogP contribution in [-0.4, -0.2) is 25.1 Å². The highest BCUT2D eigenvalue weighted by Crippen LogP contribution is 2.34. The molecule has 146 valence electrons. The van der Waals surface area contributed by atoms with Crippen molar-refractivity contribution in [1.29, 1.82) is 0 Å². The van der Waals surface area contributed by atoms with Gasteiger partial charge in [0.2, 0.25) is 5.91 Å². The normalized spacial score (nSPS) is 10.6. The van der Waals surface area contributed by atoms with Gasteiger partial charge in [-0.3, -0.25) is 4.79 Å². The Labute approximate surface area is 180 Å². The molecule has 1 N–H and O–H groups in total. The number of aromatic nitrogens is 1. The lowest BCUT2D eigenvalue weighted by Crippen LogP contribution is -2.12. The van der Waals surface area contributed by atoms with Crippen molar-refractivity contribution >= 4 is 49.9 Å². The largest absolute Gasteiger partial charge is 0.493 e. The number of halogens is 2. The SMILES string of the molecule is COc1cc(Br)c(CCC(=O)Nc2nc(-c3ccc(Cl)cc3)cs2)cc1OC. The Hall–Kier alpha value is -2.09. The predicted octanol–water partition coefficient (Wildman–Crippen LogP) is 5.81. The number of ether oxygens (including phenoxy) is 2. The Morgan fingerprint density at radius 2 is 1.86 bits per heavy atom. The van der Waals surface area contributed by atoms with Crippen molar-refractivity contribution in [2.45, 2.75) is 12.8 Å². The molecule has 1 heterocycles. The van der Waals surface area contributed by atoms with E-state index >= 15 is 0 Å². The van der Waals surface area contributed by atoms with Crippen LogP contribution in [-0.2, 0) is 11.2 Å². The Morgan fingerprint density at radius 3 is 2.54 bits per heavy atom. The van der Waals surface area contributed by atoms with Crippen molar-refractivity contribution in [1.82, 2.24) is 4.98 Å². The third kappa shape index (κ3) is 5.04. The van der Waals surface area contributed by atoms with Gasteiger partial charge >= 0.3 is 0 Å². The number of thiazole rings is 1. The van der Waals surface area contributed by atoms with E-state index in [9.17, 15) is 4.79 Å². The predicted molar refractivity (Wildman–Crippen MR) is 117 cm³/mol. The number of rotatable bonds is 7. The third-order valence-corrected chi connectivity index (χ3v) is 5.81. The van der Waals surface area contributed by atoms with Gasteiger partial charge in [-0.25, -0.2) is 4.98 Å². The smallest absolute Gasteiger partial charge is 0.226 e. The average Bonchev–Trinajstić information content (AvgIpc) is 3.15. The molecule has 0 saturated heterocycles. The van der Waals surface area contributed by atoms with Crippen molar-refractivity contribution in [2.24, 2.45) is 0 Å². The number of aryl methyl sites for hydroxylation is 1. The monoisotopic (exact) mass is 480 g/mol. The summed E-state index contributed by atoms with van der Waals surface area (Å²) in [6.45, 7) is 0. The highest BCUT2D eigenvalue weighted by atomic mass is 79.9. The van der Waals surface area contributed by atoms with E-state index in [1.54, 1.807) is 14.2 Å². The maximum absolute atomic E-state index is 12.3. The fraction of sp³-hybridized carbons (Fsp3) is 0.200. The van der Waals surface area contributed by atoms with Gasteiger partial charge in [-0.15, -0.1) is 11.3 Å². The zero-order valence-electron chi connectivity index (χ0n) is 15.3. The number of methoxy groups -OCH3 is 2. The maximum Gasteiger partial charge on any atom is 0.226 e. The van der Waals surface area contributed by atoms with E-state index in [-0.39, 0.29) is 5.91 Å². The number of hydrogen-bond acceptors (Lipinski definition) is 5. The quantitative estimate of drug-likeness (QED) is 0.462. The first-order chi connectivity index (χ1) is 13.5. The van der Waals surface area contributed by atoms with Gasteiger partial charge in [0.1, 0.15) is 0 Å². The molecule has 0 saturated carbocycles. The zero-order valence-corrected chi connectivity index (χ0v) is 18.5. The van der Waals surface area contributed by atoms with Crippen molar-refractivity contribution in [3.05, 3.63) is 56.8 Å². The molecule has 1 aromatic heterocycles. The Kier molecular flexibility index (Phi) is 6.93. The van der Waals surface area contributed by atoms with Crippen LogP contribution in [0.1, 0.15) is 12.0 Å². The molecule has 8 heteroatoms. The van der Waals surface area contributed by atoms with Crippen LogP contribution < -0.4 is 14.8 Å². The molecular formula is C20H18BrClN2O3S. The van der Waals surface area contributed by atoms with E-state index in [0.29, 0.717) is 34.5 Å². The van der Waals surface area contributed by atoms with E-state index in [1.807, 2.05) is 41.8 Å². The summed E-state index contributed by atoms with van der Waals surface area (Å²) in [5.74, 6) is 1.17. The molecule has 0 atom stereocenters. The van der Waals surface area contributed by atoms with Crippen LogP contribution in [0.2, 0.25) is 5.02 Å². The Morgan fingerprint density at radius 1 is 1.18 bits per heavy atom. The molecule has 0 bridgehead atoms. The van der Waals surface area contributed by atoms with Gasteiger partial charge in [0.25, 0.3) is 0 Å². The molecule has 0 aliphatic heterocycles. The summed E-state index contributed by atoms with van der Waals surface area (Å²) in [5.41, 5.74) is 2.73. The topological polar surface area (TPSA) is 60.5 Å². The van der Waals surface area contributed by atoms with Gasteiger partial charge in [-0.1, -0.05) is 39.7 Å². The van der Waals surface area contributed by atoms with Crippen molar-refractivity contribution in [3.8, 4) is 22.8 Å². The summed E-state index contributed by atoms with van der Waals surface area (Å²) in [7, 11) is 3.17. The average molecular weight is 482 g/mol. The van der Waals surface area contributed by atoms with Crippen molar-refractivity contribution in [2.75, 3.05) is 19.5 Å². The van der Waals surface area contributed by atoms with Gasteiger partial charge in [0.15, 0.2) is 16.6 Å². The number of hydrogen-bond donors (Lipinski definition) is 1. The molecule has 0 unspecified atom stereocenters. The van der Waals surface area contributed by atoms with Crippen LogP contribution in [0.5, 0.6) is 11.5 Å². The number of nitrogens with zero attached hydrogens (tertiary/aromatic N) is 1. The molecule has 28 heavy (non-hydrogen) atoms. The second-order valence-electron chi connectivity index (χ2n) is 5.89. The van der Waals surface area contributed by atoms with Gasteiger partial charge in [-0.05, 0) is 36.2 Å². The van der Waals surface area contributed by atoms with E-state index in [1.165, 1.54) is 11.3 Å². The van der Waals surface area contributed by atoms with E-state index in [2.05, 4.69) is 26.2 Å². The summed E-state index contributed by atoms with van der Waals surface area (Å²) >= 11 is 10.8. The molecule has 5 nitrogen and oxygen atoms in total. The fourth-order valence-electron chi connectivity index (χ4n) is 2.60. The number of benzene rings is 2. The minimum atomic E-state index is -0.0984. The number of carbonyl (C=O) groups is 1. The summed E-state index contributed by atoms with van der Waals surface area (Å²) in [6.07, 6.45) is 0.881. The molecular weight excluding hydrogens is 464 g/mol. The lowest BCUT2D eigenvalue weighted by Gasteiger charge is -2.11. The first kappa shape index (κ1) is 20.6. The fourth-order valence-corrected chi connectivity index (χ4v) is 3.98. The van der Waals surface area contributed by atoms with Crippen molar-refractivity contribution in [3.63, 3.8) is 0 Å². The van der Waals surface area contributed by atoms with Gasteiger partial charge < -0.3 is 14.8 Å². The van der Waals surface area contributed by atoms with Crippen molar-refractivity contribution < 1.29 is 14.3 Å². The van der Waals surface area contributed by atoms with Crippen LogP contribution in [0.25, 0.3) is 11.3 Å². The minimum absolute atomic E-state index is 0.0984. The molecule has 0 radical (unpaired) electrons. The second kappa shape index (κ2) is 9.41. The van der Waals surface area contributed by atoms with Crippen LogP contribution in [0.4, 0.5) is 5.13 Å². The first-order valence-corrected chi connectivity index (χ1v) is 10.5. The number of nitrogens with one attached hydrogen (secondary N) is 1. The summed E-state index contributed by atoms with van der Waals surface area (Å²) in [6, 6.07) is 11.1. The lowest BCUT2D eigenvalue weighted by atomic mass is 10.1. The Bertz CT molecular complexity index is 976. The summed E-state index contributed by atoms with van der Waals surface area (Å²) < 4.78 is 11.5. The van der Waals surface area contributed by atoms with Crippen LogP contribution in [0, 0.1) is 0 Å². The van der Waals surface area contributed by atoms with E-state index < -0.39 is 0 Å². The van der Waals surface area contributed by atoms with Gasteiger partial charge in [0, 0.05) is 26.9 Å². The first-order valence-electron chi connectivity index (χ1n) is 8.42. The third-order valence-electron chi connectivity index (χ3n) is 4.06. The minimum Gasteiger partial charge on any atom is -0.493 e. The highest BCUT2D eigenvalue weighted by molar-refractivity contribution is 9.10. The number of carbonyl (C=O) groups excluding carboxylic acids is 1. The molecule has 0 spiro atoms. The standard InChI is InChI=1S/C20H18BrClN2O3S/c1-26-17-9-13(15(21)10-18(17)27-2)5-8-19(25)24-20-23-16(11-28-20)12-3-6-14(22)7-4-12/h3-4,6-7,9-11H,5,8H2,1-2H3,(H,23,24,25). The molecule has 0 aliphatic rings. The van der Waals surface area contributed by atoms with Crippen LogP contribution in [0.15, 0.2) is 46.3 Å². The molecule has 3 rings (SSSR count). The van der Waals surface area contributed by atoms with Gasteiger partial charge in [-0.2, -0.15) is 0 Å². The van der Waals surface area contributed by atoms with Gasteiger partial charge in [0.05, 0.1) is 19.9 Å². The van der Waals surface area contributed by atoms with E-state index in [0.717, 1.165) is 21.3 Å². The zero-order chi connectivity index (χ0) is 20.1. The molecule has 0 aliphatic carbocycles. The highest BCUT2D eigenvalue weighted by Gasteiger charge is 2.12. The Balaban J connectivity index is 1.61. The summed E-state index contributed by atoms with van der Waals surface area (Å²) in [4.78, 5) is 16.8. The maximum atomic E-state index is 12.3. The molecule has 1 amide bonds. The summed E-state index contributed by atoms with van der Waals surface area (Å²) in [5, 5.41) is 6.01. The lowest BCUT2D eigenvalue weighted by molar-refractivity contribution is -0.116. The molecule has 3 aromatic rings. The van der Waals surface area contributed by atoms with Crippen LogP contribution in [0.3, 0.4) is 0 Å². The number of amides is 1. The van der Waals surface area contributed by atoms with Crippen LogP contribution >= 0.6 is 38.9 Å². The molecule has 2 aromatic carbocycles. The van der Waals surface area contributed by atoms with E-state index in [4.69, 9.17) is 21.1 Å². The second-order valence-corrected chi connectivity index (χ2v) is 8.04.